The molecule has 0 fully saturated rings. The summed E-state index contributed by atoms with van der Waals surface area (Å²) in [5, 5.41) is 22.1. The first-order chi connectivity index (χ1) is 9.29. The van der Waals surface area contributed by atoms with Gasteiger partial charge < -0.3 is 0 Å². The second-order valence-corrected chi connectivity index (χ2v) is 4.79. The van der Waals surface area contributed by atoms with Crippen molar-refractivity contribution in [3.8, 4) is 6.07 Å². The van der Waals surface area contributed by atoms with E-state index < -0.39 is 0 Å². The standard InChI is InChI=1S/C12H8N6S/c1-18-12(15-16-17-18)19-11-8(6-13)7-14-10-5-3-2-4-9(10)11/h2-5,7H,1H3. The highest BCUT2D eigenvalue weighted by Gasteiger charge is 2.13. The third-order valence-corrected chi connectivity index (χ3v) is 3.79. The molecule has 0 unspecified atom stereocenters. The summed E-state index contributed by atoms with van der Waals surface area (Å²) in [6.07, 6.45) is 1.58. The van der Waals surface area contributed by atoms with Crippen LogP contribution in [0.25, 0.3) is 10.9 Å². The lowest BCUT2D eigenvalue weighted by Crippen LogP contribution is -1.94. The highest BCUT2D eigenvalue weighted by Crippen LogP contribution is 2.33. The lowest BCUT2D eigenvalue weighted by atomic mass is 10.2. The van der Waals surface area contributed by atoms with Crippen LogP contribution in [0.4, 0.5) is 0 Å². The number of nitriles is 1. The van der Waals surface area contributed by atoms with Crippen LogP contribution in [-0.4, -0.2) is 25.2 Å². The Balaban J connectivity index is 2.21. The number of tetrazole rings is 1. The van der Waals surface area contributed by atoms with Gasteiger partial charge in [0.2, 0.25) is 5.16 Å². The molecular formula is C12H8N6S. The second kappa shape index (κ2) is 4.66. The van der Waals surface area contributed by atoms with Crippen molar-refractivity contribution in [2.45, 2.75) is 10.1 Å². The number of hydrogen-bond donors (Lipinski definition) is 0. The van der Waals surface area contributed by atoms with Gasteiger partial charge in [-0.1, -0.05) is 18.2 Å². The number of fused-ring (bicyclic) bond motifs is 1. The molecule has 0 spiro atoms. The van der Waals surface area contributed by atoms with Crippen LogP contribution in [0.1, 0.15) is 5.56 Å². The van der Waals surface area contributed by atoms with Crippen molar-refractivity contribution in [2.24, 2.45) is 7.05 Å². The first-order valence-electron chi connectivity index (χ1n) is 5.47. The van der Waals surface area contributed by atoms with Gasteiger partial charge in [-0.15, -0.1) is 5.10 Å². The maximum Gasteiger partial charge on any atom is 0.213 e. The maximum atomic E-state index is 9.21. The van der Waals surface area contributed by atoms with Crippen LogP contribution in [0.15, 0.2) is 40.5 Å². The number of para-hydroxylation sites is 1. The van der Waals surface area contributed by atoms with Gasteiger partial charge in [0.1, 0.15) is 6.07 Å². The maximum absolute atomic E-state index is 9.21. The van der Waals surface area contributed by atoms with Gasteiger partial charge in [0, 0.05) is 23.5 Å². The van der Waals surface area contributed by atoms with Gasteiger partial charge in [-0.2, -0.15) is 5.26 Å². The van der Waals surface area contributed by atoms with E-state index in [9.17, 15) is 5.26 Å². The van der Waals surface area contributed by atoms with Crippen molar-refractivity contribution < 1.29 is 0 Å². The summed E-state index contributed by atoms with van der Waals surface area (Å²) in [5.41, 5.74) is 1.37. The molecule has 0 atom stereocenters. The molecule has 0 aliphatic rings. The smallest absolute Gasteiger partial charge is 0.213 e. The summed E-state index contributed by atoms with van der Waals surface area (Å²) in [6.45, 7) is 0. The van der Waals surface area contributed by atoms with E-state index in [2.05, 4.69) is 26.6 Å². The number of rotatable bonds is 2. The summed E-state index contributed by atoms with van der Waals surface area (Å²) in [5.74, 6) is 0. The van der Waals surface area contributed by atoms with Crippen molar-refractivity contribution in [1.82, 2.24) is 25.2 Å². The average Bonchev–Trinajstić information content (AvgIpc) is 2.85. The zero-order valence-electron chi connectivity index (χ0n) is 9.98. The normalized spacial score (nSPS) is 10.5. The molecular weight excluding hydrogens is 260 g/mol. The summed E-state index contributed by atoms with van der Waals surface area (Å²) in [6, 6.07) is 9.85. The van der Waals surface area contributed by atoms with Gasteiger partial charge in [0.15, 0.2) is 0 Å². The quantitative estimate of drug-likeness (QED) is 0.704. The average molecular weight is 268 g/mol. The van der Waals surface area contributed by atoms with Crippen molar-refractivity contribution in [1.29, 1.82) is 5.26 Å². The lowest BCUT2D eigenvalue weighted by Gasteiger charge is -2.06. The molecule has 6 nitrogen and oxygen atoms in total. The SMILES string of the molecule is Cn1nnnc1Sc1c(C#N)cnc2ccccc12. The van der Waals surface area contributed by atoms with E-state index in [0.29, 0.717) is 10.7 Å². The molecule has 3 aromatic rings. The van der Waals surface area contributed by atoms with Gasteiger partial charge in [-0.3, -0.25) is 4.98 Å². The highest BCUT2D eigenvalue weighted by atomic mass is 32.2. The minimum absolute atomic E-state index is 0.520. The summed E-state index contributed by atoms with van der Waals surface area (Å²) in [4.78, 5) is 5.10. The van der Waals surface area contributed by atoms with Gasteiger partial charge in [-0.05, 0) is 28.3 Å². The largest absolute Gasteiger partial charge is 0.255 e. The van der Waals surface area contributed by atoms with Crippen molar-refractivity contribution in [2.75, 3.05) is 0 Å². The third-order valence-electron chi connectivity index (χ3n) is 2.62. The first-order valence-corrected chi connectivity index (χ1v) is 6.29. The van der Waals surface area contributed by atoms with Gasteiger partial charge in [-0.25, -0.2) is 4.68 Å². The minimum Gasteiger partial charge on any atom is -0.255 e. The van der Waals surface area contributed by atoms with Crippen LogP contribution in [0.3, 0.4) is 0 Å². The molecule has 0 N–H and O–H groups in total. The zero-order chi connectivity index (χ0) is 13.2. The highest BCUT2D eigenvalue weighted by molar-refractivity contribution is 7.99. The monoisotopic (exact) mass is 268 g/mol. The third kappa shape index (κ3) is 2.02. The fourth-order valence-corrected chi connectivity index (χ4v) is 2.62. The van der Waals surface area contributed by atoms with Crippen LogP contribution in [0.2, 0.25) is 0 Å². The van der Waals surface area contributed by atoms with Crippen LogP contribution >= 0.6 is 11.8 Å². The van der Waals surface area contributed by atoms with Crippen LogP contribution < -0.4 is 0 Å². The topological polar surface area (TPSA) is 80.3 Å². The summed E-state index contributed by atoms with van der Waals surface area (Å²) < 4.78 is 1.57. The van der Waals surface area contributed by atoms with Crippen molar-refractivity contribution >= 4 is 22.7 Å². The number of benzene rings is 1. The van der Waals surface area contributed by atoms with Crippen LogP contribution in [-0.2, 0) is 7.05 Å². The molecule has 0 saturated carbocycles. The van der Waals surface area contributed by atoms with E-state index in [1.54, 1.807) is 17.9 Å². The molecule has 19 heavy (non-hydrogen) atoms. The Morgan fingerprint density at radius 3 is 2.89 bits per heavy atom. The summed E-state index contributed by atoms with van der Waals surface area (Å²) >= 11 is 1.37. The van der Waals surface area contributed by atoms with Crippen molar-refractivity contribution in [3.63, 3.8) is 0 Å². The molecule has 0 radical (unpaired) electrons. The Labute approximate surface area is 113 Å². The minimum atomic E-state index is 0.520. The molecule has 0 saturated heterocycles. The fraction of sp³-hybridized carbons (Fsp3) is 0.0833. The number of hydrogen-bond acceptors (Lipinski definition) is 6. The second-order valence-electron chi connectivity index (χ2n) is 3.82. The predicted molar refractivity (Wildman–Crippen MR) is 69.4 cm³/mol. The van der Waals surface area contributed by atoms with E-state index in [1.807, 2.05) is 24.3 Å². The van der Waals surface area contributed by atoms with Crippen LogP contribution in [0.5, 0.6) is 0 Å². The Morgan fingerprint density at radius 2 is 2.16 bits per heavy atom. The van der Waals surface area contributed by atoms with Gasteiger partial charge in [0.25, 0.3) is 0 Å². The summed E-state index contributed by atoms with van der Waals surface area (Å²) in [7, 11) is 1.76. The van der Waals surface area contributed by atoms with Gasteiger partial charge >= 0.3 is 0 Å². The molecule has 0 aliphatic carbocycles. The predicted octanol–water partition coefficient (Wildman–Crippen LogP) is 1.78. The molecule has 0 aliphatic heterocycles. The number of aryl methyl sites for hydroxylation is 1. The van der Waals surface area contributed by atoms with E-state index in [4.69, 9.17) is 0 Å². The van der Waals surface area contributed by atoms with E-state index in [1.165, 1.54) is 11.8 Å². The van der Waals surface area contributed by atoms with Gasteiger partial charge in [0.05, 0.1) is 11.1 Å². The first kappa shape index (κ1) is 11.6. The Kier molecular flexibility index (Phi) is 2.85. The Hall–Kier alpha value is -2.46. The molecule has 0 amide bonds. The number of pyridine rings is 1. The zero-order valence-corrected chi connectivity index (χ0v) is 10.8. The van der Waals surface area contributed by atoms with Crippen LogP contribution in [0, 0.1) is 11.3 Å². The molecule has 2 heterocycles. The number of aromatic nitrogens is 5. The van der Waals surface area contributed by atoms with E-state index in [0.717, 1.165) is 15.8 Å². The Bertz CT molecular complexity index is 788. The van der Waals surface area contributed by atoms with E-state index >= 15 is 0 Å². The number of nitrogens with zero attached hydrogens (tertiary/aromatic N) is 6. The fourth-order valence-electron chi connectivity index (χ4n) is 1.70. The molecule has 0 bridgehead atoms. The molecule has 2 aromatic heterocycles. The molecule has 1 aromatic carbocycles. The Morgan fingerprint density at radius 1 is 1.32 bits per heavy atom. The molecule has 7 heteroatoms. The van der Waals surface area contributed by atoms with E-state index in [-0.39, 0.29) is 0 Å². The van der Waals surface area contributed by atoms with Crippen molar-refractivity contribution in [3.05, 3.63) is 36.0 Å². The molecule has 3 rings (SSSR count). The molecule has 92 valence electrons. The lowest BCUT2D eigenvalue weighted by molar-refractivity contribution is 0.664.